The molecule has 2 nitrogen and oxygen atoms in total. The first-order chi connectivity index (χ1) is 6.81. The van der Waals surface area contributed by atoms with Gasteiger partial charge in [-0.15, -0.1) is 0 Å². The van der Waals surface area contributed by atoms with Crippen molar-refractivity contribution in [2.45, 2.75) is 0 Å². The van der Waals surface area contributed by atoms with E-state index < -0.39 is 14.9 Å². The van der Waals surface area contributed by atoms with Crippen molar-refractivity contribution in [2.24, 2.45) is 0 Å². The molecule has 82 valence electrons. The largest absolute Gasteiger partial charge is 0.254 e. The Balaban J connectivity index is 3.27. The van der Waals surface area contributed by atoms with Crippen LogP contribution in [0.3, 0.4) is 0 Å². The third-order valence-corrected chi connectivity index (χ3v) is 2.96. The minimum absolute atomic E-state index is 0.0718. The lowest BCUT2D eigenvalue weighted by Gasteiger charge is -2.01. The first-order valence-electron chi connectivity index (χ1n) is 3.57. The highest BCUT2D eigenvalue weighted by molar-refractivity contribution is 8.16. The molecule has 0 amide bonds. The molecule has 0 radical (unpaired) electrons. The van der Waals surface area contributed by atoms with Crippen LogP contribution in [0.1, 0.15) is 5.56 Å². The van der Waals surface area contributed by atoms with Crippen molar-refractivity contribution in [3.63, 3.8) is 0 Å². The summed E-state index contributed by atoms with van der Waals surface area (Å²) in [5, 5.41) is 0.568. The smallest absolute Gasteiger partial charge is 0.208 e. The van der Waals surface area contributed by atoms with Crippen molar-refractivity contribution in [1.82, 2.24) is 0 Å². The molecular formula is C8H4Cl3FO2S. The molecule has 0 bridgehead atoms. The van der Waals surface area contributed by atoms with Gasteiger partial charge in [-0.25, -0.2) is 12.8 Å². The van der Waals surface area contributed by atoms with Gasteiger partial charge in [-0.1, -0.05) is 23.2 Å². The quantitative estimate of drug-likeness (QED) is 0.615. The third-order valence-electron chi connectivity index (χ3n) is 1.48. The summed E-state index contributed by atoms with van der Waals surface area (Å²) in [5.74, 6) is -0.687. The van der Waals surface area contributed by atoms with E-state index in [1.54, 1.807) is 0 Å². The Morgan fingerprint density at radius 1 is 1.27 bits per heavy atom. The van der Waals surface area contributed by atoms with E-state index in [0.717, 1.165) is 12.1 Å². The third kappa shape index (κ3) is 3.65. The van der Waals surface area contributed by atoms with Gasteiger partial charge in [-0.3, -0.25) is 0 Å². The molecule has 7 heteroatoms. The highest BCUT2D eigenvalue weighted by Crippen LogP contribution is 2.28. The van der Waals surface area contributed by atoms with Crippen LogP contribution in [0.5, 0.6) is 0 Å². The van der Waals surface area contributed by atoms with Gasteiger partial charge in [-0.2, -0.15) is 0 Å². The number of benzene rings is 1. The lowest BCUT2D eigenvalue weighted by atomic mass is 10.2. The van der Waals surface area contributed by atoms with E-state index >= 15 is 0 Å². The molecule has 0 aliphatic heterocycles. The molecule has 0 N–H and O–H groups in total. The maximum absolute atomic E-state index is 13.0. The molecule has 0 aliphatic carbocycles. The summed E-state index contributed by atoms with van der Waals surface area (Å²) in [7, 11) is 1.12. The van der Waals surface area contributed by atoms with Crippen molar-refractivity contribution in [2.75, 3.05) is 0 Å². The molecule has 1 rings (SSSR count). The molecule has 0 saturated heterocycles. The van der Waals surface area contributed by atoms with Crippen molar-refractivity contribution in [1.29, 1.82) is 0 Å². The summed E-state index contributed by atoms with van der Waals surface area (Å²) in [5.41, 5.74) is 0.0718. The summed E-state index contributed by atoms with van der Waals surface area (Å²) in [6.07, 6.45) is 1.04. The van der Waals surface area contributed by atoms with Crippen molar-refractivity contribution in [3.8, 4) is 0 Å². The van der Waals surface area contributed by atoms with Crippen LogP contribution in [-0.2, 0) is 9.05 Å². The summed E-state index contributed by atoms with van der Waals surface area (Å²) in [4.78, 5) is 0. The predicted molar refractivity (Wildman–Crippen MR) is 60.2 cm³/mol. The zero-order valence-electron chi connectivity index (χ0n) is 7.05. The normalized spacial score (nSPS) is 12.3. The molecule has 1 aromatic carbocycles. The number of rotatable bonds is 2. The lowest BCUT2D eigenvalue weighted by molar-refractivity contribution is 0.617. The van der Waals surface area contributed by atoms with Gasteiger partial charge in [0.05, 0.1) is 5.02 Å². The Bertz CT molecular complexity index is 511. The van der Waals surface area contributed by atoms with Crippen molar-refractivity contribution in [3.05, 3.63) is 39.0 Å². The topological polar surface area (TPSA) is 34.1 Å². The monoisotopic (exact) mass is 288 g/mol. The maximum Gasteiger partial charge on any atom is 0.254 e. The molecule has 0 atom stereocenters. The second-order valence-electron chi connectivity index (χ2n) is 2.54. The fourth-order valence-electron chi connectivity index (χ4n) is 0.845. The van der Waals surface area contributed by atoms with Gasteiger partial charge in [0.25, 0.3) is 9.05 Å². The molecule has 0 saturated carbocycles. The van der Waals surface area contributed by atoms with Crippen molar-refractivity contribution >= 4 is 49.0 Å². The van der Waals surface area contributed by atoms with E-state index in [4.69, 9.17) is 33.9 Å². The standard InChI is InChI=1S/C8H4Cl3FO2S/c9-6-1-2-7(12)8(10)5(6)3-4-15(11,13)14/h1-4H. The van der Waals surface area contributed by atoms with Crippen LogP contribution < -0.4 is 0 Å². The van der Waals surface area contributed by atoms with Gasteiger partial charge in [0.2, 0.25) is 0 Å². The first kappa shape index (κ1) is 12.8. The highest BCUT2D eigenvalue weighted by Gasteiger charge is 2.09. The molecular weight excluding hydrogens is 286 g/mol. The zero-order valence-corrected chi connectivity index (χ0v) is 10.1. The van der Waals surface area contributed by atoms with Gasteiger partial charge in [0.1, 0.15) is 5.82 Å². The predicted octanol–water partition coefficient (Wildman–Crippen LogP) is 3.67. The Kier molecular flexibility index (Phi) is 4.00. The average Bonchev–Trinajstić information content (AvgIpc) is 2.10. The maximum atomic E-state index is 13.0. The molecule has 0 fully saturated rings. The Hall–Kier alpha value is -0.290. The van der Waals surface area contributed by atoms with Crippen LogP contribution in [0.25, 0.3) is 6.08 Å². The van der Waals surface area contributed by atoms with Gasteiger partial charge in [-0.05, 0) is 18.2 Å². The van der Waals surface area contributed by atoms with E-state index in [1.165, 1.54) is 6.07 Å². The zero-order chi connectivity index (χ0) is 11.6. The Morgan fingerprint density at radius 2 is 1.87 bits per heavy atom. The van der Waals surface area contributed by atoms with Crippen LogP contribution in [0.15, 0.2) is 17.5 Å². The van der Waals surface area contributed by atoms with Crippen LogP contribution >= 0.6 is 33.9 Å². The molecule has 0 aromatic heterocycles. The Morgan fingerprint density at radius 3 is 2.40 bits per heavy atom. The van der Waals surface area contributed by atoms with Crippen LogP contribution in [0.2, 0.25) is 10.0 Å². The molecule has 0 spiro atoms. The SMILES string of the molecule is O=S(=O)(Cl)C=Cc1c(Cl)ccc(F)c1Cl. The van der Waals surface area contributed by atoms with E-state index in [-0.39, 0.29) is 15.6 Å². The van der Waals surface area contributed by atoms with Gasteiger partial charge >= 0.3 is 0 Å². The molecule has 15 heavy (non-hydrogen) atoms. The second kappa shape index (κ2) is 4.70. The average molecular weight is 290 g/mol. The summed E-state index contributed by atoms with van der Waals surface area (Å²) >= 11 is 11.3. The summed E-state index contributed by atoms with van der Waals surface area (Å²) in [6.45, 7) is 0. The summed E-state index contributed by atoms with van der Waals surface area (Å²) < 4.78 is 34.2. The van der Waals surface area contributed by atoms with E-state index in [9.17, 15) is 12.8 Å². The number of hydrogen-bond donors (Lipinski definition) is 0. The minimum Gasteiger partial charge on any atom is -0.208 e. The van der Waals surface area contributed by atoms with E-state index in [0.29, 0.717) is 5.41 Å². The fraction of sp³-hybridized carbons (Fsp3) is 0. The van der Waals surface area contributed by atoms with Crippen LogP contribution in [-0.4, -0.2) is 8.42 Å². The van der Waals surface area contributed by atoms with Gasteiger partial charge in [0.15, 0.2) is 0 Å². The number of hydrogen-bond acceptors (Lipinski definition) is 2. The fourth-order valence-corrected chi connectivity index (χ4v) is 1.79. The van der Waals surface area contributed by atoms with Gasteiger partial charge in [0, 0.05) is 26.7 Å². The second-order valence-corrected chi connectivity index (χ2v) is 5.83. The first-order valence-corrected chi connectivity index (χ1v) is 6.70. The minimum atomic E-state index is -3.82. The highest BCUT2D eigenvalue weighted by atomic mass is 35.7. The molecule has 0 unspecified atom stereocenters. The lowest BCUT2D eigenvalue weighted by Crippen LogP contribution is -1.85. The van der Waals surface area contributed by atoms with Crippen LogP contribution in [0.4, 0.5) is 4.39 Å². The summed E-state index contributed by atoms with van der Waals surface area (Å²) in [6, 6.07) is 2.35. The Labute approximate surface area is 101 Å². The molecule has 0 aliphatic rings. The van der Waals surface area contributed by atoms with Gasteiger partial charge < -0.3 is 0 Å². The van der Waals surface area contributed by atoms with E-state index in [2.05, 4.69) is 0 Å². The number of halogens is 4. The van der Waals surface area contributed by atoms with Crippen molar-refractivity contribution < 1.29 is 12.8 Å². The van der Waals surface area contributed by atoms with E-state index in [1.807, 2.05) is 0 Å². The molecule has 1 aromatic rings. The van der Waals surface area contributed by atoms with Crippen LogP contribution in [0, 0.1) is 5.82 Å². The molecule has 0 heterocycles.